The second kappa shape index (κ2) is 12.0. The maximum atomic E-state index is 13.3. The zero-order chi connectivity index (χ0) is 28.2. The van der Waals surface area contributed by atoms with Gasteiger partial charge in [0, 0.05) is 36.3 Å². The van der Waals surface area contributed by atoms with Crippen LogP contribution in [-0.2, 0) is 19.4 Å². The van der Waals surface area contributed by atoms with Crippen molar-refractivity contribution in [2.24, 2.45) is 0 Å². The Morgan fingerprint density at radius 1 is 0.590 bits per heavy atom. The molecule has 0 spiro atoms. The molecule has 4 rings (SSSR count). The zero-order valence-electron chi connectivity index (χ0n) is 21.2. The van der Waals surface area contributed by atoms with Crippen LogP contribution in [0, 0.1) is 0 Å². The number of benzene rings is 4. The van der Waals surface area contributed by atoms with Gasteiger partial charge in [0.25, 0.3) is 0 Å². The Labute approximate surface area is 237 Å². The maximum Gasteiger partial charge on any atom is 0.221 e. The van der Waals surface area contributed by atoms with E-state index in [4.69, 9.17) is 23.2 Å². The number of hydrogen-bond acceptors (Lipinski definition) is 4. The van der Waals surface area contributed by atoms with E-state index in [0.717, 1.165) is 22.3 Å². The maximum absolute atomic E-state index is 13.3. The predicted octanol–water partition coefficient (Wildman–Crippen LogP) is 7.53. The first-order valence-corrected chi connectivity index (χ1v) is 14.5. The fourth-order valence-electron chi connectivity index (χ4n) is 4.18. The number of hydrogen-bond donors (Lipinski definition) is 2. The van der Waals surface area contributed by atoms with Gasteiger partial charge in [0.1, 0.15) is 0 Å². The van der Waals surface area contributed by atoms with Crippen molar-refractivity contribution in [3.63, 3.8) is 0 Å². The summed E-state index contributed by atoms with van der Waals surface area (Å²) in [6, 6.07) is 28.2. The molecule has 0 aliphatic carbocycles. The topological polar surface area (TPSA) is 92.3 Å². The van der Waals surface area contributed by atoms with Gasteiger partial charge in [-0.3, -0.25) is 9.59 Å². The smallest absolute Gasteiger partial charge is 0.221 e. The summed E-state index contributed by atoms with van der Waals surface area (Å²) in [6.07, 6.45) is 0. The third kappa shape index (κ3) is 6.50. The van der Waals surface area contributed by atoms with Crippen molar-refractivity contribution in [1.82, 2.24) is 0 Å². The number of sulfone groups is 1. The summed E-state index contributed by atoms with van der Waals surface area (Å²) in [7, 11) is -4.03. The quantitative estimate of drug-likeness (QED) is 0.211. The third-order valence-electron chi connectivity index (χ3n) is 6.02. The highest BCUT2D eigenvalue weighted by Gasteiger charge is 2.34. The van der Waals surface area contributed by atoms with Crippen molar-refractivity contribution >= 4 is 56.2 Å². The molecule has 0 saturated carbocycles. The Morgan fingerprint density at radius 3 is 1.26 bits per heavy atom. The van der Waals surface area contributed by atoms with Gasteiger partial charge in [-0.2, -0.15) is 0 Å². The molecule has 0 aliphatic heterocycles. The summed E-state index contributed by atoms with van der Waals surface area (Å²) in [4.78, 5) is 23.1. The number of rotatable bonds is 8. The van der Waals surface area contributed by atoms with Crippen molar-refractivity contribution in [3.8, 4) is 22.3 Å². The van der Waals surface area contributed by atoms with Crippen LogP contribution in [0.4, 0.5) is 11.4 Å². The van der Waals surface area contributed by atoms with Gasteiger partial charge in [0.2, 0.25) is 11.8 Å². The molecule has 9 heteroatoms. The van der Waals surface area contributed by atoms with Gasteiger partial charge < -0.3 is 10.6 Å². The lowest BCUT2D eigenvalue weighted by atomic mass is 10.0. The lowest BCUT2D eigenvalue weighted by Gasteiger charge is -2.18. The number of para-hydroxylation sites is 2. The number of carbonyl (C=O) groups excluding carboxylic acids is 2. The number of anilines is 2. The molecule has 0 aliphatic rings. The second-order valence-corrected chi connectivity index (χ2v) is 12.4. The van der Waals surface area contributed by atoms with E-state index in [0.29, 0.717) is 22.5 Å². The summed E-state index contributed by atoms with van der Waals surface area (Å²) in [5, 5.41) is 5.59. The number of amides is 2. The van der Waals surface area contributed by atoms with Crippen molar-refractivity contribution in [2.75, 3.05) is 10.6 Å². The highest BCUT2D eigenvalue weighted by atomic mass is 35.5. The molecule has 2 N–H and O–H groups in total. The fourth-order valence-corrected chi connectivity index (χ4v) is 6.53. The van der Waals surface area contributed by atoms with Gasteiger partial charge in [-0.15, -0.1) is 23.2 Å². The molecule has 2 amide bonds. The van der Waals surface area contributed by atoms with E-state index in [1.165, 1.54) is 13.8 Å². The van der Waals surface area contributed by atoms with Gasteiger partial charge in [-0.25, -0.2) is 8.42 Å². The van der Waals surface area contributed by atoms with E-state index < -0.39 is 19.3 Å². The molecule has 2 atom stereocenters. The molecule has 0 radical (unpaired) electrons. The van der Waals surface area contributed by atoms with Crippen molar-refractivity contribution in [3.05, 3.63) is 108 Å². The van der Waals surface area contributed by atoms with E-state index in [1.807, 2.05) is 36.4 Å². The van der Waals surface area contributed by atoms with Crippen molar-refractivity contribution in [2.45, 2.75) is 23.3 Å². The number of carbonyl (C=O) groups is 2. The Bertz CT molecular complexity index is 1490. The Balaban J connectivity index is 1.55. The van der Waals surface area contributed by atoms with Crippen LogP contribution in [0.1, 0.15) is 34.4 Å². The van der Waals surface area contributed by atoms with E-state index in [2.05, 4.69) is 10.6 Å². The number of alkyl halides is 2. The molecule has 0 saturated heterocycles. The molecule has 0 bridgehead atoms. The van der Waals surface area contributed by atoms with Gasteiger partial charge in [-0.1, -0.05) is 84.9 Å². The average Bonchev–Trinajstić information content (AvgIpc) is 2.92. The number of nitrogens with one attached hydrogen (secondary N) is 2. The van der Waals surface area contributed by atoms with Gasteiger partial charge in [0.05, 0.1) is 0 Å². The SMILES string of the molecule is CC(=O)Nc1ccccc1-c1ccc(C(Cl)S(=O)(=O)C(Cl)c2ccc(-c3ccccc3NC(C)=O)cc2)cc1. The minimum absolute atomic E-state index is 0.191. The van der Waals surface area contributed by atoms with Crippen LogP contribution in [0.2, 0.25) is 0 Å². The molecule has 2 unspecified atom stereocenters. The van der Waals surface area contributed by atoms with Gasteiger partial charge in [0.15, 0.2) is 19.3 Å². The average molecular weight is 582 g/mol. The summed E-state index contributed by atoms with van der Waals surface area (Å²) in [5.74, 6) is -0.381. The normalized spacial score (nSPS) is 12.8. The lowest BCUT2D eigenvalue weighted by Crippen LogP contribution is -2.14. The van der Waals surface area contributed by atoms with Crippen LogP contribution in [0.25, 0.3) is 22.3 Å². The predicted molar refractivity (Wildman–Crippen MR) is 158 cm³/mol. The first-order valence-electron chi connectivity index (χ1n) is 12.0. The van der Waals surface area contributed by atoms with Crippen molar-refractivity contribution < 1.29 is 18.0 Å². The van der Waals surface area contributed by atoms with Crippen LogP contribution in [0.5, 0.6) is 0 Å². The second-order valence-electron chi connectivity index (χ2n) is 8.92. The molecule has 0 heterocycles. The first kappa shape index (κ1) is 28.4. The van der Waals surface area contributed by atoms with E-state index >= 15 is 0 Å². The van der Waals surface area contributed by atoms with E-state index in [1.54, 1.807) is 60.7 Å². The van der Waals surface area contributed by atoms with E-state index in [-0.39, 0.29) is 11.8 Å². The summed E-state index contributed by atoms with van der Waals surface area (Å²) >= 11 is 12.9. The lowest BCUT2D eigenvalue weighted by molar-refractivity contribution is -0.115. The standard InChI is InChI=1S/C30H26Cl2N2O4S/c1-19(35)33-27-9-5-3-7-25(27)21-11-15-23(16-12-21)29(31)39(37,38)30(32)24-17-13-22(14-18-24)26-8-4-6-10-28(26)34-20(2)36/h3-18,29-30H,1-2H3,(H,33,35)(H,34,36). The minimum Gasteiger partial charge on any atom is -0.326 e. The third-order valence-corrected chi connectivity index (χ3v) is 9.71. The van der Waals surface area contributed by atoms with Gasteiger partial charge >= 0.3 is 0 Å². The van der Waals surface area contributed by atoms with Crippen LogP contribution in [-0.4, -0.2) is 20.2 Å². The molecule has 200 valence electrons. The zero-order valence-corrected chi connectivity index (χ0v) is 23.5. The molecule has 4 aromatic rings. The number of halogens is 2. The molecule has 4 aromatic carbocycles. The Kier molecular flexibility index (Phi) is 8.75. The Hall–Kier alpha value is -3.65. The first-order chi connectivity index (χ1) is 18.6. The molecule has 39 heavy (non-hydrogen) atoms. The Morgan fingerprint density at radius 2 is 0.923 bits per heavy atom. The van der Waals surface area contributed by atoms with Crippen LogP contribution in [0.15, 0.2) is 97.1 Å². The fraction of sp³-hybridized carbons (Fsp3) is 0.133. The largest absolute Gasteiger partial charge is 0.326 e. The van der Waals surface area contributed by atoms with Gasteiger partial charge in [-0.05, 0) is 34.4 Å². The minimum atomic E-state index is -4.03. The van der Waals surface area contributed by atoms with Crippen LogP contribution >= 0.6 is 23.2 Å². The van der Waals surface area contributed by atoms with Crippen LogP contribution < -0.4 is 10.6 Å². The molecule has 6 nitrogen and oxygen atoms in total. The molecular weight excluding hydrogens is 555 g/mol. The highest BCUT2D eigenvalue weighted by molar-refractivity contribution is 7.94. The summed E-state index contributed by atoms with van der Waals surface area (Å²) in [5.41, 5.74) is 5.23. The molecule has 0 aromatic heterocycles. The summed E-state index contributed by atoms with van der Waals surface area (Å²) < 4.78 is 23.9. The highest BCUT2D eigenvalue weighted by Crippen LogP contribution is 2.41. The van der Waals surface area contributed by atoms with E-state index in [9.17, 15) is 18.0 Å². The van der Waals surface area contributed by atoms with Crippen molar-refractivity contribution in [1.29, 1.82) is 0 Å². The molecular formula is C30H26Cl2N2O4S. The van der Waals surface area contributed by atoms with Crippen LogP contribution in [0.3, 0.4) is 0 Å². The monoisotopic (exact) mass is 580 g/mol. The molecule has 0 fully saturated rings. The summed E-state index contributed by atoms with van der Waals surface area (Å²) in [6.45, 7) is 2.87.